The van der Waals surface area contributed by atoms with Gasteiger partial charge in [0, 0.05) is 10.2 Å². The summed E-state index contributed by atoms with van der Waals surface area (Å²) in [5, 5.41) is 11.2. The van der Waals surface area contributed by atoms with Crippen molar-refractivity contribution in [1.29, 1.82) is 5.26 Å². The average molecular weight is 319 g/mol. The highest BCUT2D eigenvalue weighted by molar-refractivity contribution is 9.10. The number of benzene rings is 2. The summed E-state index contributed by atoms with van der Waals surface area (Å²) in [5.74, 6) is -1.27. The Labute approximate surface area is 117 Å². The SMILES string of the molecule is N#Cc1ccc(C(=O)Nc2ccc(Br)cc2)c(F)c1. The fourth-order valence-corrected chi connectivity index (χ4v) is 1.76. The molecule has 0 unspecified atom stereocenters. The molecule has 2 rings (SSSR count). The van der Waals surface area contributed by atoms with Crippen LogP contribution in [-0.4, -0.2) is 5.91 Å². The van der Waals surface area contributed by atoms with Gasteiger partial charge in [-0.1, -0.05) is 15.9 Å². The Balaban J connectivity index is 2.21. The van der Waals surface area contributed by atoms with Gasteiger partial charge in [0.2, 0.25) is 0 Å². The van der Waals surface area contributed by atoms with E-state index in [4.69, 9.17) is 5.26 Å². The molecule has 94 valence electrons. The molecule has 0 aromatic heterocycles. The van der Waals surface area contributed by atoms with Gasteiger partial charge in [0.1, 0.15) is 5.82 Å². The smallest absolute Gasteiger partial charge is 0.258 e. The summed E-state index contributed by atoms with van der Waals surface area (Å²) < 4.78 is 14.5. The molecule has 1 N–H and O–H groups in total. The molecule has 0 aliphatic carbocycles. The molecule has 5 heteroatoms. The number of hydrogen-bond acceptors (Lipinski definition) is 2. The number of nitrogens with one attached hydrogen (secondary N) is 1. The number of nitriles is 1. The van der Waals surface area contributed by atoms with Crippen LogP contribution in [0, 0.1) is 17.1 Å². The van der Waals surface area contributed by atoms with Crippen molar-refractivity contribution in [3.63, 3.8) is 0 Å². The molecule has 0 saturated carbocycles. The Hall–Kier alpha value is -2.19. The Morgan fingerprint density at radius 3 is 2.47 bits per heavy atom. The molecule has 19 heavy (non-hydrogen) atoms. The lowest BCUT2D eigenvalue weighted by atomic mass is 10.1. The number of halogens is 2. The monoisotopic (exact) mass is 318 g/mol. The van der Waals surface area contributed by atoms with Crippen LogP contribution in [0.15, 0.2) is 46.9 Å². The van der Waals surface area contributed by atoms with Crippen LogP contribution in [0.5, 0.6) is 0 Å². The van der Waals surface area contributed by atoms with Crippen LogP contribution in [-0.2, 0) is 0 Å². The predicted octanol–water partition coefficient (Wildman–Crippen LogP) is 3.71. The lowest BCUT2D eigenvalue weighted by molar-refractivity contribution is 0.102. The molecule has 0 aliphatic heterocycles. The zero-order chi connectivity index (χ0) is 13.8. The zero-order valence-corrected chi connectivity index (χ0v) is 11.2. The molecule has 0 atom stereocenters. The second-order valence-electron chi connectivity index (χ2n) is 3.77. The Kier molecular flexibility index (Phi) is 3.93. The maximum absolute atomic E-state index is 13.6. The van der Waals surface area contributed by atoms with Crippen molar-refractivity contribution in [1.82, 2.24) is 0 Å². The van der Waals surface area contributed by atoms with Crippen LogP contribution in [0.1, 0.15) is 15.9 Å². The van der Waals surface area contributed by atoms with Crippen molar-refractivity contribution < 1.29 is 9.18 Å². The van der Waals surface area contributed by atoms with Gasteiger partial charge in [-0.05, 0) is 42.5 Å². The van der Waals surface area contributed by atoms with Gasteiger partial charge in [0.05, 0.1) is 17.2 Å². The molecule has 0 bridgehead atoms. The van der Waals surface area contributed by atoms with E-state index in [1.807, 2.05) is 6.07 Å². The van der Waals surface area contributed by atoms with Crippen LogP contribution in [0.2, 0.25) is 0 Å². The summed E-state index contributed by atoms with van der Waals surface area (Å²) >= 11 is 3.28. The first-order valence-electron chi connectivity index (χ1n) is 5.37. The van der Waals surface area contributed by atoms with Crippen molar-refractivity contribution in [2.24, 2.45) is 0 Å². The van der Waals surface area contributed by atoms with Crippen LogP contribution >= 0.6 is 15.9 Å². The highest BCUT2D eigenvalue weighted by atomic mass is 79.9. The summed E-state index contributed by atoms with van der Waals surface area (Å²) in [5.41, 5.74) is 0.650. The van der Waals surface area contributed by atoms with E-state index in [0.29, 0.717) is 5.69 Å². The summed E-state index contributed by atoms with van der Waals surface area (Å²) in [7, 11) is 0. The maximum atomic E-state index is 13.6. The summed E-state index contributed by atoms with van der Waals surface area (Å²) in [4.78, 5) is 11.9. The molecule has 0 heterocycles. The number of rotatable bonds is 2. The largest absolute Gasteiger partial charge is 0.322 e. The van der Waals surface area contributed by atoms with E-state index < -0.39 is 11.7 Å². The van der Waals surface area contributed by atoms with Gasteiger partial charge in [-0.3, -0.25) is 4.79 Å². The second kappa shape index (κ2) is 5.63. The highest BCUT2D eigenvalue weighted by Crippen LogP contribution is 2.16. The van der Waals surface area contributed by atoms with Crippen molar-refractivity contribution >= 4 is 27.5 Å². The molecular weight excluding hydrogens is 311 g/mol. The zero-order valence-electron chi connectivity index (χ0n) is 9.65. The average Bonchev–Trinajstić information content (AvgIpc) is 2.41. The Bertz CT molecular complexity index is 662. The second-order valence-corrected chi connectivity index (χ2v) is 4.68. The van der Waals surface area contributed by atoms with E-state index in [1.165, 1.54) is 12.1 Å². The van der Waals surface area contributed by atoms with Crippen LogP contribution in [0.4, 0.5) is 10.1 Å². The third-order valence-corrected chi connectivity index (χ3v) is 2.97. The van der Waals surface area contributed by atoms with Gasteiger partial charge >= 0.3 is 0 Å². The molecule has 2 aromatic rings. The van der Waals surface area contributed by atoms with Gasteiger partial charge < -0.3 is 5.32 Å². The van der Waals surface area contributed by atoms with Gasteiger partial charge in [-0.15, -0.1) is 0 Å². The van der Waals surface area contributed by atoms with E-state index in [2.05, 4.69) is 21.2 Å². The number of hydrogen-bond donors (Lipinski definition) is 1. The van der Waals surface area contributed by atoms with Crippen molar-refractivity contribution in [2.75, 3.05) is 5.32 Å². The van der Waals surface area contributed by atoms with E-state index >= 15 is 0 Å². The third kappa shape index (κ3) is 3.18. The van der Waals surface area contributed by atoms with Crippen LogP contribution in [0.25, 0.3) is 0 Å². The first-order chi connectivity index (χ1) is 9.10. The highest BCUT2D eigenvalue weighted by Gasteiger charge is 2.12. The first-order valence-corrected chi connectivity index (χ1v) is 6.16. The number of carbonyl (C=O) groups excluding carboxylic acids is 1. The lowest BCUT2D eigenvalue weighted by Crippen LogP contribution is -2.13. The topological polar surface area (TPSA) is 52.9 Å². The molecule has 0 fully saturated rings. The summed E-state index contributed by atoms with van der Waals surface area (Å²) in [6.45, 7) is 0. The predicted molar refractivity (Wildman–Crippen MR) is 73.2 cm³/mol. The van der Waals surface area contributed by atoms with E-state index in [0.717, 1.165) is 10.5 Å². The fourth-order valence-electron chi connectivity index (χ4n) is 1.50. The molecule has 0 saturated heterocycles. The Morgan fingerprint density at radius 1 is 1.21 bits per heavy atom. The number of nitrogens with zero attached hydrogens (tertiary/aromatic N) is 1. The summed E-state index contributed by atoms with van der Waals surface area (Å²) in [6.07, 6.45) is 0. The van der Waals surface area contributed by atoms with Crippen molar-refractivity contribution in [3.8, 4) is 6.07 Å². The fraction of sp³-hybridized carbons (Fsp3) is 0. The maximum Gasteiger partial charge on any atom is 0.258 e. The quantitative estimate of drug-likeness (QED) is 0.917. The van der Waals surface area contributed by atoms with Gasteiger partial charge in [-0.25, -0.2) is 4.39 Å². The molecular formula is C14H8BrFN2O. The third-order valence-electron chi connectivity index (χ3n) is 2.44. The molecule has 2 aromatic carbocycles. The van der Waals surface area contributed by atoms with Gasteiger partial charge in [0.25, 0.3) is 5.91 Å². The molecule has 0 spiro atoms. The lowest BCUT2D eigenvalue weighted by Gasteiger charge is -2.06. The summed E-state index contributed by atoms with van der Waals surface area (Å²) in [6, 6.07) is 12.5. The van der Waals surface area contributed by atoms with Gasteiger partial charge in [0.15, 0.2) is 0 Å². The number of anilines is 1. The van der Waals surface area contributed by atoms with Crippen molar-refractivity contribution in [2.45, 2.75) is 0 Å². The first kappa shape index (κ1) is 13.2. The normalized spacial score (nSPS) is 9.74. The molecule has 3 nitrogen and oxygen atoms in total. The Morgan fingerprint density at radius 2 is 1.89 bits per heavy atom. The van der Waals surface area contributed by atoms with Gasteiger partial charge in [-0.2, -0.15) is 5.26 Å². The van der Waals surface area contributed by atoms with Crippen LogP contribution in [0.3, 0.4) is 0 Å². The number of carbonyl (C=O) groups is 1. The molecule has 0 radical (unpaired) electrons. The van der Waals surface area contributed by atoms with Crippen LogP contribution < -0.4 is 5.32 Å². The minimum Gasteiger partial charge on any atom is -0.322 e. The van der Waals surface area contributed by atoms with Crippen molar-refractivity contribution in [3.05, 3.63) is 63.9 Å². The molecule has 0 aliphatic rings. The minimum atomic E-state index is -0.714. The van der Waals surface area contributed by atoms with E-state index in [1.54, 1.807) is 24.3 Å². The van der Waals surface area contributed by atoms with E-state index in [9.17, 15) is 9.18 Å². The van der Waals surface area contributed by atoms with E-state index in [-0.39, 0.29) is 11.1 Å². The minimum absolute atomic E-state index is 0.0954. The standard InChI is InChI=1S/C14H8BrFN2O/c15-10-2-4-11(5-3-10)18-14(19)12-6-1-9(8-17)7-13(12)16/h1-7H,(H,18,19). The number of amides is 1. The molecule has 1 amide bonds.